The molecule has 0 saturated carbocycles. The predicted octanol–water partition coefficient (Wildman–Crippen LogP) is 1.54. The summed E-state index contributed by atoms with van der Waals surface area (Å²) in [5, 5.41) is 11.7. The fourth-order valence-electron chi connectivity index (χ4n) is 1.64. The molecular formula is C15H20FeN2O. The van der Waals surface area contributed by atoms with Crippen LogP contribution in [0.1, 0.15) is 19.8 Å². The van der Waals surface area contributed by atoms with Crippen molar-refractivity contribution in [1.82, 2.24) is 0 Å². The fourth-order valence-corrected chi connectivity index (χ4v) is 1.64. The van der Waals surface area contributed by atoms with Gasteiger partial charge in [-0.2, -0.15) is 18.2 Å². The number of hydrogen-bond donors (Lipinski definition) is 2. The van der Waals surface area contributed by atoms with Crippen LogP contribution in [0.15, 0.2) is 66.0 Å². The molecule has 0 heterocycles. The summed E-state index contributed by atoms with van der Waals surface area (Å²) >= 11 is 0. The fraction of sp³-hybridized carbons (Fsp3) is 0.267. The van der Waals surface area contributed by atoms with Gasteiger partial charge < -0.3 is 16.6 Å². The largest absolute Gasteiger partial charge is 2.00 e. The monoisotopic (exact) mass is 300 g/mol. The van der Waals surface area contributed by atoms with E-state index in [0.29, 0.717) is 12.0 Å². The standard InChI is InChI=1S/C10H16N2O.C5H5.Fe/c1-2-7-10(11,12)9(13)8-5-3-4-6-8;1-2-4-5-3-1;/h3-6,13H,2,7,11-12H2,1H3;1-5H;/q;-1;+2/p-1. The number of allylic oxidation sites excluding steroid dienone is 5. The smallest absolute Gasteiger partial charge is 0.873 e. The minimum absolute atomic E-state index is 0. The molecule has 0 aliphatic heterocycles. The molecule has 2 rings (SSSR count). The van der Waals surface area contributed by atoms with Crippen molar-refractivity contribution in [3.8, 4) is 0 Å². The molecule has 0 bridgehead atoms. The minimum Gasteiger partial charge on any atom is -0.873 e. The van der Waals surface area contributed by atoms with E-state index in [9.17, 15) is 5.11 Å². The first-order valence-corrected chi connectivity index (χ1v) is 6.09. The maximum Gasteiger partial charge on any atom is 2.00 e. The molecule has 104 valence electrons. The summed E-state index contributed by atoms with van der Waals surface area (Å²) in [6.07, 6.45) is 8.37. The van der Waals surface area contributed by atoms with Gasteiger partial charge in [0.1, 0.15) is 0 Å². The van der Waals surface area contributed by atoms with Gasteiger partial charge in [0.05, 0.1) is 5.66 Å². The van der Waals surface area contributed by atoms with Gasteiger partial charge in [-0.3, -0.25) is 0 Å². The summed E-state index contributed by atoms with van der Waals surface area (Å²) in [5.41, 5.74) is 10.8. The second-order valence-corrected chi connectivity index (χ2v) is 4.26. The van der Waals surface area contributed by atoms with Crippen LogP contribution in [0.4, 0.5) is 0 Å². The van der Waals surface area contributed by atoms with Gasteiger partial charge >= 0.3 is 17.1 Å². The molecule has 0 radical (unpaired) electrons. The topological polar surface area (TPSA) is 75.1 Å². The molecule has 0 amide bonds. The number of hydrogen-bond acceptors (Lipinski definition) is 3. The predicted molar refractivity (Wildman–Crippen MR) is 73.4 cm³/mol. The third kappa shape index (κ3) is 5.99. The summed E-state index contributed by atoms with van der Waals surface area (Å²) in [5.74, 6) is -0.181. The molecule has 0 fully saturated rings. The summed E-state index contributed by atoms with van der Waals surface area (Å²) in [7, 11) is 0. The van der Waals surface area contributed by atoms with Crippen LogP contribution in [0.2, 0.25) is 0 Å². The molecule has 1 aliphatic carbocycles. The van der Waals surface area contributed by atoms with Crippen molar-refractivity contribution in [2.75, 3.05) is 0 Å². The summed E-state index contributed by atoms with van der Waals surface area (Å²) in [6, 6.07) is 10.0. The van der Waals surface area contributed by atoms with Crippen molar-refractivity contribution < 1.29 is 22.2 Å². The molecule has 4 N–H and O–H groups in total. The van der Waals surface area contributed by atoms with Crippen LogP contribution >= 0.6 is 0 Å². The molecule has 1 aliphatic rings. The second-order valence-electron chi connectivity index (χ2n) is 4.26. The zero-order chi connectivity index (χ0) is 13.4. The van der Waals surface area contributed by atoms with E-state index < -0.39 is 5.66 Å². The van der Waals surface area contributed by atoms with Gasteiger partial charge in [-0.25, -0.2) is 12.1 Å². The normalized spacial score (nSPS) is 12.7. The van der Waals surface area contributed by atoms with Gasteiger partial charge in [0.15, 0.2) is 0 Å². The van der Waals surface area contributed by atoms with Crippen molar-refractivity contribution in [2.24, 2.45) is 11.5 Å². The van der Waals surface area contributed by atoms with Crippen molar-refractivity contribution >= 4 is 0 Å². The first-order valence-electron chi connectivity index (χ1n) is 6.09. The number of nitrogens with two attached hydrogens (primary N) is 2. The molecule has 0 atom stereocenters. The van der Waals surface area contributed by atoms with Crippen molar-refractivity contribution in [3.63, 3.8) is 0 Å². The molecule has 4 heteroatoms. The van der Waals surface area contributed by atoms with Crippen LogP contribution < -0.4 is 16.6 Å². The van der Waals surface area contributed by atoms with E-state index in [1.165, 1.54) is 0 Å². The third-order valence-electron chi connectivity index (χ3n) is 2.57. The number of rotatable bonds is 3. The van der Waals surface area contributed by atoms with E-state index in [4.69, 9.17) is 11.5 Å². The van der Waals surface area contributed by atoms with Crippen LogP contribution in [0, 0.1) is 0 Å². The summed E-state index contributed by atoms with van der Waals surface area (Å²) in [4.78, 5) is 0. The van der Waals surface area contributed by atoms with E-state index in [1.807, 2.05) is 37.3 Å². The zero-order valence-electron chi connectivity index (χ0n) is 11.0. The molecule has 0 aromatic heterocycles. The molecule has 1 aromatic carbocycles. The average Bonchev–Trinajstić information content (AvgIpc) is 3.04. The van der Waals surface area contributed by atoms with Crippen LogP contribution in [-0.2, 0) is 17.1 Å². The first kappa shape index (κ1) is 17.8. The Balaban J connectivity index is 0.000000454. The van der Waals surface area contributed by atoms with E-state index in [1.54, 1.807) is 24.3 Å². The Hall–Kier alpha value is -1.19. The Bertz CT molecular complexity index is 400. The Morgan fingerprint density at radius 1 is 1.21 bits per heavy atom. The Kier molecular flexibility index (Phi) is 8.28. The van der Waals surface area contributed by atoms with E-state index in [2.05, 4.69) is 0 Å². The third-order valence-corrected chi connectivity index (χ3v) is 2.57. The molecule has 19 heavy (non-hydrogen) atoms. The Morgan fingerprint density at radius 3 is 2.11 bits per heavy atom. The van der Waals surface area contributed by atoms with Gasteiger partial charge in [-0.1, -0.05) is 43.4 Å². The van der Waals surface area contributed by atoms with Gasteiger partial charge in [0.2, 0.25) is 0 Å². The van der Waals surface area contributed by atoms with Crippen molar-refractivity contribution in [2.45, 2.75) is 25.4 Å². The molecule has 3 nitrogen and oxygen atoms in total. The van der Waals surface area contributed by atoms with Gasteiger partial charge in [-0.15, -0.1) is 0 Å². The van der Waals surface area contributed by atoms with Gasteiger partial charge in [0, 0.05) is 0 Å². The maximum absolute atomic E-state index is 11.7. The minimum atomic E-state index is -1.21. The van der Waals surface area contributed by atoms with Crippen LogP contribution in [-0.4, -0.2) is 5.66 Å². The molecule has 0 unspecified atom stereocenters. The first-order chi connectivity index (χ1) is 8.58. The average molecular weight is 300 g/mol. The Labute approximate surface area is 125 Å². The van der Waals surface area contributed by atoms with Gasteiger partial charge in [0.25, 0.3) is 0 Å². The molecule has 1 aromatic rings. The molecular weight excluding hydrogens is 280 g/mol. The summed E-state index contributed by atoms with van der Waals surface area (Å²) < 4.78 is 0. The Morgan fingerprint density at radius 2 is 1.74 bits per heavy atom. The van der Waals surface area contributed by atoms with Crippen LogP contribution in [0.3, 0.4) is 0 Å². The SMILES string of the molecule is CCCC(N)(N)C([O-])=C1C=CC=C1.[Fe+2].c1cc[cH-]c1. The van der Waals surface area contributed by atoms with Crippen molar-refractivity contribution in [1.29, 1.82) is 0 Å². The van der Waals surface area contributed by atoms with Crippen molar-refractivity contribution in [3.05, 3.63) is 66.0 Å². The van der Waals surface area contributed by atoms with Crippen LogP contribution in [0.5, 0.6) is 0 Å². The van der Waals surface area contributed by atoms with E-state index in [-0.39, 0.29) is 22.8 Å². The molecule has 0 spiro atoms. The van der Waals surface area contributed by atoms with E-state index >= 15 is 0 Å². The molecule has 0 saturated heterocycles. The summed E-state index contributed by atoms with van der Waals surface area (Å²) in [6.45, 7) is 1.95. The van der Waals surface area contributed by atoms with Gasteiger partial charge in [-0.05, 0) is 12.0 Å². The second kappa shape index (κ2) is 8.83. The maximum atomic E-state index is 11.7. The van der Waals surface area contributed by atoms with E-state index in [0.717, 1.165) is 6.42 Å². The zero-order valence-corrected chi connectivity index (χ0v) is 12.1. The quantitative estimate of drug-likeness (QED) is 0.385. The van der Waals surface area contributed by atoms with Crippen LogP contribution in [0.25, 0.3) is 0 Å².